The number of hydrogen-bond acceptors (Lipinski definition) is 4. The van der Waals surface area contributed by atoms with Gasteiger partial charge in [0.15, 0.2) is 0 Å². The summed E-state index contributed by atoms with van der Waals surface area (Å²) in [6, 6.07) is 14.3. The number of anilines is 3. The van der Waals surface area contributed by atoms with Crippen molar-refractivity contribution in [2.75, 3.05) is 35.6 Å². The van der Waals surface area contributed by atoms with E-state index < -0.39 is 5.41 Å². The maximum absolute atomic E-state index is 12.7. The minimum Gasteiger partial charge on any atom is -0.376 e. The lowest BCUT2D eigenvalue weighted by Crippen LogP contribution is -2.37. The lowest BCUT2D eigenvalue weighted by Gasteiger charge is -2.30. The Balaban J connectivity index is 1.49. The van der Waals surface area contributed by atoms with Crippen LogP contribution in [0.1, 0.15) is 50.9 Å². The first kappa shape index (κ1) is 24.3. The first-order chi connectivity index (χ1) is 15.6. The molecule has 2 aromatic carbocycles. The molecule has 1 fully saturated rings. The number of hydrogen-bond donors (Lipinski definition) is 3. The number of carbonyl (C=O) groups excluding carboxylic acids is 3. The third-order valence-corrected chi connectivity index (χ3v) is 5.74. The molecule has 0 spiro atoms. The van der Waals surface area contributed by atoms with Gasteiger partial charge in [-0.3, -0.25) is 14.4 Å². The van der Waals surface area contributed by atoms with E-state index in [4.69, 9.17) is 0 Å². The van der Waals surface area contributed by atoms with Crippen molar-refractivity contribution >= 4 is 34.8 Å². The number of likely N-dealkylation sites (tertiary alicyclic amines) is 1. The number of amides is 3. The van der Waals surface area contributed by atoms with Crippen LogP contribution in [0.3, 0.4) is 0 Å². The predicted molar refractivity (Wildman–Crippen MR) is 132 cm³/mol. The van der Waals surface area contributed by atoms with Crippen LogP contribution in [0.5, 0.6) is 0 Å². The van der Waals surface area contributed by atoms with Gasteiger partial charge in [0.1, 0.15) is 0 Å². The fourth-order valence-corrected chi connectivity index (χ4v) is 3.50. The van der Waals surface area contributed by atoms with Gasteiger partial charge < -0.3 is 20.9 Å². The Hall–Kier alpha value is -3.35. The Morgan fingerprint density at radius 1 is 0.909 bits per heavy atom. The summed E-state index contributed by atoms with van der Waals surface area (Å²) in [6.45, 7) is 9.44. The Labute approximate surface area is 195 Å². The molecule has 1 saturated heterocycles. The van der Waals surface area contributed by atoms with Crippen molar-refractivity contribution in [3.63, 3.8) is 0 Å². The number of carbonyl (C=O) groups is 3. The molecule has 176 valence electrons. The third-order valence-electron chi connectivity index (χ3n) is 5.74. The minimum atomic E-state index is -0.490. The van der Waals surface area contributed by atoms with Crippen molar-refractivity contribution in [3.05, 3.63) is 54.1 Å². The van der Waals surface area contributed by atoms with E-state index in [0.717, 1.165) is 31.6 Å². The van der Waals surface area contributed by atoms with Crippen LogP contribution in [0.2, 0.25) is 0 Å². The van der Waals surface area contributed by atoms with Gasteiger partial charge in [-0.2, -0.15) is 0 Å². The van der Waals surface area contributed by atoms with E-state index in [9.17, 15) is 14.4 Å². The van der Waals surface area contributed by atoms with Crippen molar-refractivity contribution < 1.29 is 14.4 Å². The Morgan fingerprint density at radius 2 is 1.55 bits per heavy atom. The number of nitrogens with zero attached hydrogens (tertiary/aromatic N) is 1. The lowest BCUT2D eigenvalue weighted by atomic mass is 9.95. The van der Waals surface area contributed by atoms with Gasteiger partial charge in [0, 0.05) is 41.1 Å². The van der Waals surface area contributed by atoms with Crippen molar-refractivity contribution in [2.24, 2.45) is 11.3 Å². The summed E-state index contributed by atoms with van der Waals surface area (Å²) in [5.74, 6) is 0.433. The van der Waals surface area contributed by atoms with Crippen LogP contribution >= 0.6 is 0 Å². The minimum absolute atomic E-state index is 0.0416. The molecular weight excluding hydrogens is 416 g/mol. The van der Waals surface area contributed by atoms with E-state index in [-0.39, 0.29) is 24.3 Å². The van der Waals surface area contributed by atoms with Crippen LogP contribution in [-0.2, 0) is 9.59 Å². The summed E-state index contributed by atoms with van der Waals surface area (Å²) < 4.78 is 0. The molecule has 2 aromatic rings. The summed E-state index contributed by atoms with van der Waals surface area (Å²) in [7, 11) is 0. The Kier molecular flexibility index (Phi) is 7.74. The predicted octanol–water partition coefficient (Wildman–Crippen LogP) is 4.59. The highest BCUT2D eigenvalue weighted by molar-refractivity contribution is 5.97. The van der Waals surface area contributed by atoms with E-state index in [1.165, 1.54) is 0 Å². The van der Waals surface area contributed by atoms with Crippen LogP contribution in [-0.4, -0.2) is 42.3 Å². The van der Waals surface area contributed by atoms with Crippen LogP contribution in [0.15, 0.2) is 48.5 Å². The summed E-state index contributed by atoms with van der Waals surface area (Å²) >= 11 is 0. The van der Waals surface area contributed by atoms with Crippen LogP contribution < -0.4 is 16.0 Å². The van der Waals surface area contributed by atoms with Crippen molar-refractivity contribution in [2.45, 2.75) is 40.5 Å². The molecule has 0 radical (unpaired) electrons. The van der Waals surface area contributed by atoms with Crippen LogP contribution in [0, 0.1) is 11.3 Å². The molecule has 1 aliphatic heterocycles. The first-order valence-corrected chi connectivity index (χ1v) is 11.5. The van der Waals surface area contributed by atoms with Crippen LogP contribution in [0.4, 0.5) is 17.1 Å². The average Bonchev–Trinajstić information content (AvgIpc) is 2.78. The molecule has 0 atom stereocenters. The van der Waals surface area contributed by atoms with E-state index >= 15 is 0 Å². The number of rotatable bonds is 6. The van der Waals surface area contributed by atoms with E-state index in [2.05, 4.69) is 22.9 Å². The summed E-state index contributed by atoms with van der Waals surface area (Å²) in [5, 5.41) is 8.78. The Morgan fingerprint density at radius 3 is 2.18 bits per heavy atom. The highest BCUT2D eigenvalue weighted by atomic mass is 16.2. The number of benzene rings is 2. The fourth-order valence-electron chi connectivity index (χ4n) is 3.50. The van der Waals surface area contributed by atoms with Crippen molar-refractivity contribution in [1.82, 2.24) is 4.90 Å². The molecule has 3 rings (SSSR count). The van der Waals surface area contributed by atoms with Crippen molar-refractivity contribution in [3.8, 4) is 0 Å². The highest BCUT2D eigenvalue weighted by Crippen LogP contribution is 2.21. The summed E-state index contributed by atoms with van der Waals surface area (Å²) in [5.41, 5.74) is 2.18. The van der Waals surface area contributed by atoms with Gasteiger partial charge in [-0.05, 0) is 61.2 Å². The molecule has 3 N–H and O–H groups in total. The standard InChI is InChI=1S/C26H34N4O3/c1-18-12-14-30(15-13-18)24(32)19-8-10-20(11-9-19)28-23(31)17-27-21-6-5-7-22(16-21)29-25(33)26(2,3)4/h5-11,16,18,27H,12-15,17H2,1-4H3,(H,28,31)(H,29,33). The second kappa shape index (κ2) is 10.5. The maximum atomic E-state index is 12.7. The zero-order valence-corrected chi connectivity index (χ0v) is 19.9. The molecule has 0 bridgehead atoms. The molecule has 0 saturated carbocycles. The monoisotopic (exact) mass is 450 g/mol. The topological polar surface area (TPSA) is 90.5 Å². The molecule has 0 aromatic heterocycles. The quantitative estimate of drug-likeness (QED) is 0.600. The molecule has 1 heterocycles. The van der Waals surface area contributed by atoms with Gasteiger partial charge in [0.25, 0.3) is 5.91 Å². The molecule has 7 nitrogen and oxygen atoms in total. The van der Waals surface area contributed by atoms with E-state index in [1.54, 1.807) is 30.3 Å². The van der Waals surface area contributed by atoms with Gasteiger partial charge >= 0.3 is 0 Å². The van der Waals surface area contributed by atoms with Crippen LogP contribution in [0.25, 0.3) is 0 Å². The second-order valence-corrected chi connectivity index (χ2v) is 9.74. The number of nitrogens with one attached hydrogen (secondary N) is 3. The lowest BCUT2D eigenvalue weighted by molar-refractivity contribution is -0.123. The van der Waals surface area contributed by atoms with Gasteiger partial charge in [-0.1, -0.05) is 33.8 Å². The zero-order chi connectivity index (χ0) is 24.0. The second-order valence-electron chi connectivity index (χ2n) is 9.74. The normalized spacial score (nSPS) is 14.5. The van der Waals surface area contributed by atoms with Crippen molar-refractivity contribution in [1.29, 1.82) is 0 Å². The molecule has 7 heteroatoms. The maximum Gasteiger partial charge on any atom is 0.253 e. The smallest absolute Gasteiger partial charge is 0.253 e. The van der Waals surface area contributed by atoms with Gasteiger partial charge in [-0.25, -0.2) is 0 Å². The third kappa shape index (κ3) is 7.07. The van der Waals surface area contributed by atoms with E-state index in [1.807, 2.05) is 43.9 Å². The molecule has 0 aliphatic carbocycles. The largest absolute Gasteiger partial charge is 0.376 e. The van der Waals surface area contributed by atoms with Gasteiger partial charge in [-0.15, -0.1) is 0 Å². The molecule has 0 unspecified atom stereocenters. The SMILES string of the molecule is CC1CCN(C(=O)c2ccc(NC(=O)CNc3cccc(NC(=O)C(C)(C)C)c3)cc2)CC1. The molecule has 3 amide bonds. The molecular formula is C26H34N4O3. The fraction of sp³-hybridized carbons (Fsp3) is 0.423. The van der Waals surface area contributed by atoms with Gasteiger partial charge in [0.2, 0.25) is 11.8 Å². The summed E-state index contributed by atoms with van der Waals surface area (Å²) in [6.07, 6.45) is 2.08. The van der Waals surface area contributed by atoms with Gasteiger partial charge in [0.05, 0.1) is 6.54 Å². The zero-order valence-electron chi connectivity index (χ0n) is 19.9. The Bertz CT molecular complexity index is 987. The molecule has 1 aliphatic rings. The molecule has 33 heavy (non-hydrogen) atoms. The highest BCUT2D eigenvalue weighted by Gasteiger charge is 2.22. The first-order valence-electron chi connectivity index (χ1n) is 11.5. The average molecular weight is 451 g/mol. The number of piperidine rings is 1. The summed E-state index contributed by atoms with van der Waals surface area (Å²) in [4.78, 5) is 39.1. The van der Waals surface area contributed by atoms with E-state index in [0.29, 0.717) is 22.9 Å².